The van der Waals surface area contributed by atoms with E-state index in [2.05, 4.69) is 58.9 Å². The summed E-state index contributed by atoms with van der Waals surface area (Å²) in [6.45, 7) is 11.8. The number of methoxy groups -OCH3 is 2. The van der Waals surface area contributed by atoms with Crippen molar-refractivity contribution in [2.24, 2.45) is 0 Å². The molecule has 5 heteroatoms. The van der Waals surface area contributed by atoms with Gasteiger partial charge in [0.15, 0.2) is 0 Å². The molecule has 5 nitrogen and oxygen atoms in total. The second-order valence-electron chi connectivity index (χ2n) is 10.7. The molecule has 0 aromatic heterocycles. The van der Waals surface area contributed by atoms with Crippen LogP contribution in [-0.4, -0.2) is 19.3 Å². The molecule has 2 unspecified atom stereocenters. The molecule has 4 rings (SSSR count). The van der Waals surface area contributed by atoms with Gasteiger partial charge in [-0.25, -0.2) is 0 Å². The van der Waals surface area contributed by atoms with Gasteiger partial charge in [-0.3, -0.25) is 0 Å². The first-order valence-electron chi connectivity index (χ1n) is 14.7. The Hall–Kier alpha value is -3.80. The molecule has 0 aliphatic heterocycles. The Morgan fingerprint density at radius 3 is 1.38 bits per heavy atom. The Labute approximate surface area is 252 Å². The largest absolute Gasteiger partial charge is 0.508 e. The van der Waals surface area contributed by atoms with Crippen molar-refractivity contribution in [1.29, 1.82) is 0 Å². The quantitative estimate of drug-likeness (QED) is 0.184. The fourth-order valence-corrected chi connectivity index (χ4v) is 4.55. The zero-order valence-corrected chi connectivity index (χ0v) is 26.1. The normalized spacial score (nSPS) is 12.2. The Balaban J connectivity index is 0.000000369. The molecule has 0 aliphatic rings. The molecule has 1 N–H and O–H groups in total. The SMILES string of the molecule is CCC(C)c1ccc(O)cc1.CCC(C)c1ccc(Oc2ccc(Oc3c(COC)cc(C)cc3COC)cc2)cc1. The van der Waals surface area contributed by atoms with Gasteiger partial charge < -0.3 is 24.1 Å². The van der Waals surface area contributed by atoms with Gasteiger partial charge in [0.1, 0.15) is 28.7 Å². The number of hydrogen-bond acceptors (Lipinski definition) is 5. The van der Waals surface area contributed by atoms with Crippen molar-refractivity contribution in [3.63, 3.8) is 0 Å². The molecule has 224 valence electrons. The Bertz CT molecular complexity index is 1320. The molecule has 4 aromatic carbocycles. The van der Waals surface area contributed by atoms with Crippen LogP contribution < -0.4 is 9.47 Å². The molecule has 0 radical (unpaired) electrons. The third-order valence-corrected chi connectivity index (χ3v) is 7.40. The van der Waals surface area contributed by atoms with Crippen LogP contribution in [0.2, 0.25) is 0 Å². The lowest BCUT2D eigenvalue weighted by molar-refractivity contribution is 0.175. The molecule has 42 heavy (non-hydrogen) atoms. The lowest BCUT2D eigenvalue weighted by Crippen LogP contribution is -2.01. The summed E-state index contributed by atoms with van der Waals surface area (Å²) in [4.78, 5) is 0. The average Bonchev–Trinajstić information content (AvgIpc) is 3.00. The number of aryl methyl sites for hydroxylation is 1. The van der Waals surface area contributed by atoms with Crippen LogP contribution in [-0.2, 0) is 22.7 Å². The average molecular weight is 571 g/mol. The van der Waals surface area contributed by atoms with Gasteiger partial charge in [0.05, 0.1) is 13.2 Å². The summed E-state index contributed by atoms with van der Waals surface area (Å²) in [6.07, 6.45) is 2.27. The van der Waals surface area contributed by atoms with Crippen LogP contribution in [0.25, 0.3) is 0 Å². The van der Waals surface area contributed by atoms with Crippen molar-refractivity contribution in [2.45, 2.75) is 72.5 Å². The van der Waals surface area contributed by atoms with E-state index in [9.17, 15) is 0 Å². The molecule has 0 spiro atoms. The number of phenolic OH excluding ortho intramolecular Hbond substituents is 1. The van der Waals surface area contributed by atoms with Crippen molar-refractivity contribution in [3.8, 4) is 28.7 Å². The number of benzene rings is 4. The van der Waals surface area contributed by atoms with Crippen LogP contribution in [0.5, 0.6) is 28.7 Å². The summed E-state index contributed by atoms with van der Waals surface area (Å²) in [5.74, 6) is 4.60. The molecule has 0 amide bonds. The Morgan fingerprint density at radius 2 is 0.976 bits per heavy atom. The van der Waals surface area contributed by atoms with Crippen LogP contribution in [0.3, 0.4) is 0 Å². The summed E-state index contributed by atoms with van der Waals surface area (Å²) in [6, 6.07) is 27.5. The first-order valence-corrected chi connectivity index (χ1v) is 14.7. The zero-order valence-electron chi connectivity index (χ0n) is 26.1. The summed E-state index contributed by atoms with van der Waals surface area (Å²) in [5, 5.41) is 9.01. The smallest absolute Gasteiger partial charge is 0.138 e. The summed E-state index contributed by atoms with van der Waals surface area (Å²) >= 11 is 0. The van der Waals surface area contributed by atoms with E-state index in [1.54, 1.807) is 26.4 Å². The van der Waals surface area contributed by atoms with Gasteiger partial charge in [0.2, 0.25) is 0 Å². The van der Waals surface area contributed by atoms with E-state index in [-0.39, 0.29) is 0 Å². The molecule has 0 bridgehead atoms. The molecular weight excluding hydrogens is 524 g/mol. The number of ether oxygens (including phenoxy) is 4. The predicted octanol–water partition coefficient (Wildman–Crippen LogP) is 10.3. The molecule has 0 saturated carbocycles. The maximum atomic E-state index is 9.01. The zero-order chi connectivity index (χ0) is 30.5. The highest BCUT2D eigenvalue weighted by molar-refractivity contribution is 5.47. The van der Waals surface area contributed by atoms with Gasteiger partial charge in [-0.1, -0.05) is 69.7 Å². The number of aromatic hydroxyl groups is 1. The van der Waals surface area contributed by atoms with E-state index < -0.39 is 0 Å². The van der Waals surface area contributed by atoms with Gasteiger partial charge in [-0.2, -0.15) is 0 Å². The molecule has 0 fully saturated rings. The van der Waals surface area contributed by atoms with Crippen LogP contribution in [0.4, 0.5) is 0 Å². The van der Waals surface area contributed by atoms with E-state index in [1.165, 1.54) is 11.1 Å². The predicted molar refractivity (Wildman–Crippen MR) is 171 cm³/mol. The molecule has 4 aromatic rings. The maximum absolute atomic E-state index is 9.01. The minimum Gasteiger partial charge on any atom is -0.508 e. The number of rotatable bonds is 12. The monoisotopic (exact) mass is 570 g/mol. The van der Waals surface area contributed by atoms with E-state index in [0.717, 1.165) is 52.5 Å². The van der Waals surface area contributed by atoms with Crippen LogP contribution in [0, 0.1) is 6.92 Å². The Kier molecular flexibility index (Phi) is 12.9. The first-order chi connectivity index (χ1) is 20.3. The summed E-state index contributed by atoms with van der Waals surface area (Å²) in [7, 11) is 3.37. The molecule has 2 atom stereocenters. The highest BCUT2D eigenvalue weighted by atomic mass is 16.5. The minimum atomic E-state index is 0.344. The van der Waals surface area contributed by atoms with Crippen molar-refractivity contribution in [2.75, 3.05) is 14.2 Å². The molecule has 0 aliphatic carbocycles. The number of hydrogen-bond donors (Lipinski definition) is 1. The molecule has 0 saturated heterocycles. The van der Waals surface area contributed by atoms with Gasteiger partial charge >= 0.3 is 0 Å². The summed E-state index contributed by atoms with van der Waals surface area (Å²) in [5.41, 5.74) is 5.77. The molecule has 0 heterocycles. The third kappa shape index (κ3) is 9.64. The minimum absolute atomic E-state index is 0.344. The van der Waals surface area contributed by atoms with Crippen molar-refractivity contribution in [3.05, 3.63) is 113 Å². The first kappa shape index (κ1) is 32.7. The second kappa shape index (κ2) is 16.6. The van der Waals surface area contributed by atoms with Crippen LogP contribution in [0.1, 0.15) is 80.2 Å². The number of phenols is 1. The highest BCUT2D eigenvalue weighted by Crippen LogP contribution is 2.33. The van der Waals surface area contributed by atoms with Gasteiger partial charge in [0, 0.05) is 25.3 Å². The second-order valence-corrected chi connectivity index (χ2v) is 10.7. The standard InChI is InChI=1S/C27H32O4.C10H14O/c1-6-20(3)21-7-9-24(10-8-21)30-25-11-13-26(14-12-25)31-27-22(17-28-4)15-19(2)16-23(27)18-29-5;1-3-8(2)9-4-6-10(11)7-5-9/h7-16,20H,6,17-18H2,1-5H3;4-8,11H,3H2,1-2H3. The molecular formula is C37H46O5. The van der Waals surface area contributed by atoms with E-state index in [0.29, 0.717) is 30.8 Å². The van der Waals surface area contributed by atoms with Crippen molar-refractivity contribution < 1.29 is 24.1 Å². The fraction of sp³-hybridized carbons (Fsp3) is 0.351. The fourth-order valence-electron chi connectivity index (χ4n) is 4.55. The van der Waals surface area contributed by atoms with Crippen molar-refractivity contribution >= 4 is 0 Å². The van der Waals surface area contributed by atoms with Crippen molar-refractivity contribution in [1.82, 2.24) is 0 Å². The van der Waals surface area contributed by atoms with Crippen LogP contribution in [0.15, 0.2) is 84.9 Å². The van der Waals surface area contributed by atoms with E-state index >= 15 is 0 Å². The van der Waals surface area contributed by atoms with Gasteiger partial charge in [-0.05, 0) is 91.3 Å². The third-order valence-electron chi connectivity index (χ3n) is 7.40. The van der Waals surface area contributed by atoms with Gasteiger partial charge in [-0.15, -0.1) is 0 Å². The topological polar surface area (TPSA) is 57.2 Å². The van der Waals surface area contributed by atoms with Gasteiger partial charge in [0.25, 0.3) is 0 Å². The van der Waals surface area contributed by atoms with Crippen LogP contribution >= 0.6 is 0 Å². The highest BCUT2D eigenvalue weighted by Gasteiger charge is 2.13. The summed E-state index contributed by atoms with van der Waals surface area (Å²) < 4.78 is 23.0. The lowest BCUT2D eigenvalue weighted by atomic mass is 9.99. The van der Waals surface area contributed by atoms with E-state index in [4.69, 9.17) is 24.1 Å². The Morgan fingerprint density at radius 1 is 0.595 bits per heavy atom. The lowest BCUT2D eigenvalue weighted by Gasteiger charge is -2.17. The van der Waals surface area contributed by atoms with E-state index in [1.807, 2.05) is 48.5 Å². The maximum Gasteiger partial charge on any atom is 0.138 e.